The first-order chi connectivity index (χ1) is 27.0. The van der Waals surface area contributed by atoms with Crippen LogP contribution in [0.5, 0.6) is 0 Å². The third kappa shape index (κ3) is 18.8. The molecule has 1 amide bonds. The van der Waals surface area contributed by atoms with Crippen molar-refractivity contribution in [3.05, 3.63) is 106 Å². The Hall–Kier alpha value is -6.65. The molecular weight excluding hydrogens is 806 g/mol. The Kier molecular flexibility index (Phi) is 19.9. The minimum Gasteiger partial charge on any atom is -0.483 e. The highest BCUT2D eigenvalue weighted by Gasteiger charge is 2.38. The minimum absolute atomic E-state index is 0.0549. The van der Waals surface area contributed by atoms with Gasteiger partial charge in [-0.05, 0) is 49.6 Å². The van der Waals surface area contributed by atoms with Gasteiger partial charge in [0.15, 0.2) is 5.82 Å². The topological polar surface area (TPSA) is 273 Å². The summed E-state index contributed by atoms with van der Waals surface area (Å²) < 4.78 is 90.4. The van der Waals surface area contributed by atoms with Gasteiger partial charge in [0.05, 0.1) is 23.3 Å². The molecule has 0 saturated heterocycles. The molecule has 0 bridgehead atoms. The molecule has 4 aromatic rings. The number of sulfonamides is 1. The average molecular weight is 847 g/mol. The van der Waals surface area contributed by atoms with Gasteiger partial charge in [-0.1, -0.05) is 54.6 Å². The summed E-state index contributed by atoms with van der Waals surface area (Å²) in [6.07, 6.45) is -3.31. The Morgan fingerprint density at radius 2 is 1.55 bits per heavy atom. The summed E-state index contributed by atoms with van der Waals surface area (Å²) >= 11 is 0. The number of aliphatic carboxylic acids is 1. The van der Waals surface area contributed by atoms with Crippen LogP contribution in [0.4, 0.5) is 43.5 Å². The van der Waals surface area contributed by atoms with E-state index >= 15 is 0 Å². The van der Waals surface area contributed by atoms with E-state index in [0.29, 0.717) is 17.5 Å². The van der Waals surface area contributed by atoms with E-state index in [1.165, 1.54) is 16.8 Å². The largest absolute Gasteiger partial charge is 0.490 e. The molecule has 0 aliphatic rings. The molecule has 23 heteroatoms. The van der Waals surface area contributed by atoms with Gasteiger partial charge in [-0.15, -0.1) is 0 Å². The van der Waals surface area contributed by atoms with Crippen LogP contribution in [0.1, 0.15) is 30.5 Å². The highest BCUT2D eigenvalue weighted by molar-refractivity contribution is 7.92. The van der Waals surface area contributed by atoms with Crippen molar-refractivity contribution >= 4 is 51.4 Å². The summed E-state index contributed by atoms with van der Waals surface area (Å²) in [4.78, 5) is 48.1. The van der Waals surface area contributed by atoms with Gasteiger partial charge < -0.3 is 32.3 Å². The molecule has 16 nitrogen and oxygen atoms in total. The highest BCUT2D eigenvalue weighted by Crippen LogP contribution is 2.27. The number of amidine groups is 1. The zero-order valence-electron chi connectivity index (χ0n) is 30.6. The van der Waals surface area contributed by atoms with Crippen LogP contribution in [0, 0.1) is 5.41 Å². The van der Waals surface area contributed by atoms with Crippen LogP contribution in [0.15, 0.2) is 83.8 Å². The minimum atomic E-state index is -5.08. The number of rotatable bonds is 13. The van der Waals surface area contributed by atoms with Crippen LogP contribution in [0.3, 0.4) is 0 Å². The number of alkyl halides is 6. The van der Waals surface area contributed by atoms with E-state index in [2.05, 4.69) is 20.3 Å². The number of nitrogen functional groups attached to an aromatic ring is 2. The summed E-state index contributed by atoms with van der Waals surface area (Å²) in [6.45, 7) is -0.340. The fraction of sp³-hybridized carbons (Fsp3) is 0.257. The Bertz CT molecular complexity index is 2140. The third-order valence-corrected chi connectivity index (χ3v) is 8.09. The van der Waals surface area contributed by atoms with Gasteiger partial charge in [-0.3, -0.25) is 29.1 Å². The second-order valence-electron chi connectivity index (χ2n) is 11.7. The van der Waals surface area contributed by atoms with Crippen LogP contribution in [0.2, 0.25) is 0 Å². The predicted octanol–water partition coefficient (Wildman–Crippen LogP) is 4.41. The van der Waals surface area contributed by atoms with Crippen molar-refractivity contribution in [2.24, 2.45) is 5.73 Å². The molecule has 10 N–H and O–H groups in total. The van der Waals surface area contributed by atoms with E-state index in [1.807, 2.05) is 44.2 Å². The number of nitrogens with zero attached hydrogens (tertiary/aromatic N) is 2. The van der Waals surface area contributed by atoms with Gasteiger partial charge in [0.2, 0.25) is 15.9 Å². The van der Waals surface area contributed by atoms with Crippen LogP contribution in [0.25, 0.3) is 11.3 Å². The molecule has 0 aliphatic heterocycles. The first kappa shape index (κ1) is 49.4. The zero-order chi connectivity index (χ0) is 44.2. The SMILES string of the molecule is CC(C)Nc1ncc(-c2cc(N)cc(NS(=O)(=O)CCc3ccccc3)c2)n(CC(=O)NCc2ccc(C(=N)N)cc2)c1=O.FC(F)F.O=C(O)C(F)(F)F.O=CO. The molecule has 1 aromatic heterocycles. The smallest absolute Gasteiger partial charge is 0.483 e. The van der Waals surface area contributed by atoms with Crippen molar-refractivity contribution in [3.63, 3.8) is 0 Å². The van der Waals surface area contributed by atoms with Crippen LogP contribution in [-0.4, -0.2) is 77.0 Å². The van der Waals surface area contributed by atoms with Crippen LogP contribution in [-0.2, 0) is 43.9 Å². The lowest BCUT2D eigenvalue weighted by atomic mass is 10.1. The quantitative estimate of drug-likeness (QED) is 0.0306. The van der Waals surface area contributed by atoms with Gasteiger partial charge in [-0.2, -0.15) is 26.3 Å². The standard InChI is InChI=1S/C31H36N8O4S.C2HF3O2.CHF3.CH2O2/c1-20(2)37-30-31(41)39(19-28(40)35-17-22-8-10-23(11-9-22)29(33)34)27(18-36-30)24-14-25(32)16-26(15-24)38-44(42,43)13-12-21-6-4-3-5-7-21;3-2(4,5)1(6)7;2-1(3)4;2-1-3/h3-11,14-16,18,20,38H,12-13,17,19,32H2,1-2H3,(H3,33,34)(H,35,40)(H,36,37);(H,6,7);1H;1H,(H,2,3). The lowest BCUT2D eigenvalue weighted by Gasteiger charge is -2.17. The van der Waals surface area contributed by atoms with E-state index in [9.17, 15) is 44.3 Å². The van der Waals surface area contributed by atoms with Crippen molar-refractivity contribution in [2.45, 2.75) is 52.3 Å². The fourth-order valence-electron chi connectivity index (χ4n) is 4.44. The maximum atomic E-state index is 13.5. The number of carbonyl (C=O) groups is 3. The summed E-state index contributed by atoms with van der Waals surface area (Å²) in [5.74, 6) is -3.31. The number of hydrogen-bond donors (Lipinski definition) is 8. The number of aryl methyl sites for hydroxylation is 1. The molecule has 0 unspecified atom stereocenters. The number of carbonyl (C=O) groups excluding carboxylic acids is 1. The second-order valence-corrected chi connectivity index (χ2v) is 13.6. The molecule has 0 saturated carbocycles. The molecule has 0 atom stereocenters. The maximum Gasteiger partial charge on any atom is 0.490 e. The summed E-state index contributed by atoms with van der Waals surface area (Å²) in [6, 6.07) is 20.7. The van der Waals surface area contributed by atoms with E-state index in [-0.39, 0.29) is 60.1 Å². The molecule has 0 spiro atoms. The van der Waals surface area contributed by atoms with Gasteiger partial charge in [0.1, 0.15) is 12.4 Å². The number of halogens is 6. The Balaban J connectivity index is 0.00000103. The number of carboxylic acids is 1. The first-order valence-corrected chi connectivity index (χ1v) is 18.0. The lowest BCUT2D eigenvalue weighted by Crippen LogP contribution is -2.35. The molecule has 0 radical (unpaired) electrons. The van der Waals surface area contributed by atoms with E-state index in [1.54, 1.807) is 36.4 Å². The van der Waals surface area contributed by atoms with Crippen LogP contribution >= 0.6 is 0 Å². The third-order valence-electron chi connectivity index (χ3n) is 6.81. The molecule has 0 aliphatic carbocycles. The van der Waals surface area contributed by atoms with Crippen molar-refractivity contribution in [3.8, 4) is 11.3 Å². The zero-order valence-corrected chi connectivity index (χ0v) is 31.5. The number of anilines is 3. The number of benzene rings is 3. The van der Waals surface area contributed by atoms with Crippen molar-refractivity contribution in [1.29, 1.82) is 5.41 Å². The predicted molar refractivity (Wildman–Crippen MR) is 203 cm³/mol. The number of carboxylic acid groups (broad SMARTS) is 2. The summed E-state index contributed by atoms with van der Waals surface area (Å²) in [5.41, 5.74) is 14.5. The van der Waals surface area contributed by atoms with E-state index in [4.69, 9.17) is 36.7 Å². The van der Waals surface area contributed by atoms with Crippen molar-refractivity contribution in [1.82, 2.24) is 14.9 Å². The number of nitrogens with one attached hydrogen (secondary N) is 4. The van der Waals surface area contributed by atoms with E-state index < -0.39 is 40.3 Å². The molecule has 0 fully saturated rings. The number of nitrogens with two attached hydrogens (primary N) is 2. The summed E-state index contributed by atoms with van der Waals surface area (Å²) in [5, 5.41) is 27.3. The second kappa shape index (κ2) is 23.4. The van der Waals surface area contributed by atoms with Gasteiger partial charge in [0.25, 0.3) is 12.0 Å². The van der Waals surface area contributed by atoms with Gasteiger partial charge >= 0.3 is 18.8 Å². The molecule has 58 heavy (non-hydrogen) atoms. The first-order valence-electron chi connectivity index (χ1n) is 16.3. The molecular formula is C35H40F6N8O8S. The number of aromatic nitrogens is 2. The number of hydrogen-bond acceptors (Lipinski definition) is 10. The Labute approximate surface area is 327 Å². The highest BCUT2D eigenvalue weighted by atomic mass is 32.2. The monoisotopic (exact) mass is 846 g/mol. The normalized spacial score (nSPS) is 10.7. The summed E-state index contributed by atoms with van der Waals surface area (Å²) in [7, 11) is -3.73. The number of amides is 1. The Morgan fingerprint density at radius 1 is 1.00 bits per heavy atom. The molecule has 3 aromatic carbocycles. The van der Waals surface area contributed by atoms with Gasteiger partial charge in [-0.25, -0.2) is 18.2 Å². The fourth-order valence-corrected chi connectivity index (χ4v) is 5.52. The molecule has 316 valence electrons. The van der Waals surface area contributed by atoms with Crippen LogP contribution < -0.4 is 32.4 Å². The van der Waals surface area contributed by atoms with E-state index in [0.717, 1.165) is 11.1 Å². The molecule has 4 rings (SSSR count). The average Bonchev–Trinajstić information content (AvgIpc) is 3.11. The lowest BCUT2D eigenvalue weighted by molar-refractivity contribution is -0.192. The van der Waals surface area contributed by atoms with Gasteiger partial charge in [0, 0.05) is 29.4 Å². The molecule has 1 heterocycles. The Morgan fingerprint density at radius 3 is 2.05 bits per heavy atom. The maximum absolute atomic E-state index is 13.5. The van der Waals surface area contributed by atoms with Crippen molar-refractivity contribution in [2.75, 3.05) is 21.5 Å². The van der Waals surface area contributed by atoms with Crippen molar-refractivity contribution < 1.29 is 59.4 Å².